The number of imide groups is 1. The lowest BCUT2D eigenvalue weighted by Crippen LogP contribution is -2.50. The molecule has 0 radical (unpaired) electrons. The third kappa shape index (κ3) is 4.34. The van der Waals surface area contributed by atoms with Crippen molar-refractivity contribution in [2.75, 3.05) is 24.6 Å². The monoisotopic (exact) mass is 413 g/mol. The van der Waals surface area contributed by atoms with Crippen molar-refractivity contribution < 1.29 is 22.8 Å². The van der Waals surface area contributed by atoms with Crippen molar-refractivity contribution in [2.45, 2.75) is 70.4 Å². The number of amides is 4. The molecule has 3 rings (SSSR count). The average molecular weight is 414 g/mol. The largest absolute Gasteiger partial charge is 0.337 e. The first-order chi connectivity index (χ1) is 13.1. The SMILES string of the molecule is CC(C)CN(C(=O)CN1C(=O)NC2(CCCCCC2)C1=O)[C@@H]1CCS(=O)(=O)C1. The predicted molar refractivity (Wildman–Crippen MR) is 104 cm³/mol. The van der Waals surface area contributed by atoms with Crippen molar-refractivity contribution in [2.24, 2.45) is 5.92 Å². The Labute approximate surface area is 166 Å². The number of sulfone groups is 1. The number of hydrogen-bond acceptors (Lipinski definition) is 5. The van der Waals surface area contributed by atoms with Crippen LogP contribution in [-0.4, -0.2) is 72.2 Å². The van der Waals surface area contributed by atoms with E-state index in [1.807, 2.05) is 13.8 Å². The second-order valence-corrected chi connectivity index (χ2v) is 11.0. The molecule has 1 atom stereocenters. The summed E-state index contributed by atoms with van der Waals surface area (Å²) in [6.07, 6.45) is 5.48. The van der Waals surface area contributed by atoms with Crippen molar-refractivity contribution in [3.63, 3.8) is 0 Å². The van der Waals surface area contributed by atoms with E-state index in [1.165, 1.54) is 0 Å². The van der Waals surface area contributed by atoms with Gasteiger partial charge in [-0.2, -0.15) is 0 Å². The molecule has 0 unspecified atom stereocenters. The second kappa shape index (κ2) is 8.00. The number of rotatable bonds is 5. The van der Waals surface area contributed by atoms with Crippen LogP contribution in [-0.2, 0) is 19.4 Å². The van der Waals surface area contributed by atoms with E-state index < -0.39 is 21.4 Å². The number of nitrogens with zero attached hydrogens (tertiary/aromatic N) is 2. The Morgan fingerprint density at radius 1 is 1.21 bits per heavy atom. The van der Waals surface area contributed by atoms with Gasteiger partial charge in [-0.25, -0.2) is 13.2 Å². The normalized spacial score (nSPS) is 26.5. The highest BCUT2D eigenvalue weighted by molar-refractivity contribution is 7.91. The van der Waals surface area contributed by atoms with Gasteiger partial charge in [0.15, 0.2) is 9.84 Å². The molecule has 1 spiro atoms. The summed E-state index contributed by atoms with van der Waals surface area (Å²) in [5.41, 5.74) is -0.868. The smallest absolute Gasteiger partial charge is 0.325 e. The zero-order valence-corrected chi connectivity index (χ0v) is 17.6. The fourth-order valence-electron chi connectivity index (χ4n) is 4.59. The molecule has 0 aromatic carbocycles. The van der Waals surface area contributed by atoms with E-state index in [2.05, 4.69) is 5.32 Å². The van der Waals surface area contributed by atoms with E-state index in [9.17, 15) is 22.8 Å². The van der Waals surface area contributed by atoms with Crippen LogP contribution in [0.25, 0.3) is 0 Å². The highest BCUT2D eigenvalue weighted by Gasteiger charge is 2.51. The molecule has 0 bridgehead atoms. The Hall–Kier alpha value is -1.64. The summed E-state index contributed by atoms with van der Waals surface area (Å²) in [5, 5.41) is 2.85. The lowest BCUT2D eigenvalue weighted by Gasteiger charge is -2.31. The van der Waals surface area contributed by atoms with Gasteiger partial charge in [0.25, 0.3) is 5.91 Å². The molecule has 0 aromatic heterocycles. The molecular formula is C19H31N3O5S. The van der Waals surface area contributed by atoms with Crippen LogP contribution in [0.3, 0.4) is 0 Å². The van der Waals surface area contributed by atoms with E-state index in [0.717, 1.165) is 30.6 Å². The van der Waals surface area contributed by atoms with Gasteiger partial charge < -0.3 is 10.2 Å². The van der Waals surface area contributed by atoms with Crippen LogP contribution in [0.4, 0.5) is 4.79 Å². The molecule has 4 amide bonds. The summed E-state index contributed by atoms with van der Waals surface area (Å²) in [6.45, 7) is 4.00. The molecule has 0 aromatic rings. The lowest BCUT2D eigenvalue weighted by atomic mass is 9.90. The topological polar surface area (TPSA) is 104 Å². The fourth-order valence-corrected chi connectivity index (χ4v) is 6.32. The zero-order chi connectivity index (χ0) is 20.5. The predicted octanol–water partition coefficient (Wildman–Crippen LogP) is 1.30. The molecule has 2 heterocycles. The van der Waals surface area contributed by atoms with Gasteiger partial charge in [0.05, 0.1) is 11.5 Å². The molecule has 9 heteroatoms. The summed E-state index contributed by atoms with van der Waals surface area (Å²) >= 11 is 0. The van der Waals surface area contributed by atoms with Gasteiger partial charge in [0, 0.05) is 12.6 Å². The molecule has 2 saturated heterocycles. The van der Waals surface area contributed by atoms with Crippen LogP contribution in [0, 0.1) is 5.92 Å². The standard InChI is InChI=1S/C19H31N3O5S/c1-14(2)11-21(15-7-10-28(26,27)13-15)16(23)12-22-17(24)19(20-18(22)25)8-5-3-4-6-9-19/h14-15H,3-13H2,1-2H3,(H,20,25)/t15-/m1/s1. The minimum absolute atomic E-state index is 0.0461. The molecule has 1 saturated carbocycles. The lowest BCUT2D eigenvalue weighted by molar-refractivity contribution is -0.140. The van der Waals surface area contributed by atoms with Gasteiger partial charge in [0.2, 0.25) is 5.91 Å². The Kier molecular flexibility index (Phi) is 6.03. The number of nitrogens with one attached hydrogen (secondary N) is 1. The fraction of sp³-hybridized carbons (Fsp3) is 0.842. The van der Waals surface area contributed by atoms with E-state index in [0.29, 0.717) is 25.8 Å². The van der Waals surface area contributed by atoms with Crippen molar-refractivity contribution in [1.82, 2.24) is 15.1 Å². The van der Waals surface area contributed by atoms with Crippen LogP contribution in [0.5, 0.6) is 0 Å². The molecule has 3 aliphatic rings. The minimum atomic E-state index is -3.14. The maximum atomic E-state index is 13.0. The Morgan fingerprint density at radius 2 is 1.86 bits per heavy atom. The number of carbonyl (C=O) groups is 3. The Morgan fingerprint density at radius 3 is 2.39 bits per heavy atom. The van der Waals surface area contributed by atoms with Crippen molar-refractivity contribution in [3.05, 3.63) is 0 Å². The molecule has 1 N–H and O–H groups in total. The summed E-state index contributed by atoms with van der Waals surface area (Å²) in [5.74, 6) is -0.480. The van der Waals surface area contributed by atoms with Crippen LogP contribution in [0.1, 0.15) is 58.8 Å². The van der Waals surface area contributed by atoms with Crippen LogP contribution in [0.15, 0.2) is 0 Å². The van der Waals surface area contributed by atoms with Gasteiger partial charge in [-0.05, 0) is 25.2 Å². The first-order valence-corrected chi connectivity index (χ1v) is 12.1. The van der Waals surface area contributed by atoms with E-state index >= 15 is 0 Å². The van der Waals surface area contributed by atoms with Gasteiger partial charge in [-0.15, -0.1) is 0 Å². The molecule has 1 aliphatic carbocycles. The maximum absolute atomic E-state index is 13.0. The molecular weight excluding hydrogens is 382 g/mol. The zero-order valence-electron chi connectivity index (χ0n) is 16.8. The molecule has 28 heavy (non-hydrogen) atoms. The first-order valence-electron chi connectivity index (χ1n) is 10.3. The van der Waals surface area contributed by atoms with E-state index in [1.54, 1.807) is 4.90 Å². The minimum Gasteiger partial charge on any atom is -0.337 e. The molecule has 8 nitrogen and oxygen atoms in total. The Bertz CT molecular complexity index is 741. The van der Waals surface area contributed by atoms with Crippen molar-refractivity contribution in [1.29, 1.82) is 0 Å². The molecule has 3 fully saturated rings. The van der Waals surface area contributed by atoms with Crippen molar-refractivity contribution in [3.8, 4) is 0 Å². The third-order valence-corrected chi connectivity index (χ3v) is 7.78. The van der Waals surface area contributed by atoms with Gasteiger partial charge >= 0.3 is 6.03 Å². The summed E-state index contributed by atoms with van der Waals surface area (Å²) in [7, 11) is -3.14. The number of hydrogen-bond donors (Lipinski definition) is 1. The van der Waals surface area contributed by atoms with E-state index in [-0.39, 0.29) is 41.8 Å². The summed E-state index contributed by atoms with van der Waals surface area (Å²) in [4.78, 5) is 41.1. The van der Waals surface area contributed by atoms with Crippen LogP contribution in [0.2, 0.25) is 0 Å². The summed E-state index contributed by atoms with van der Waals surface area (Å²) in [6, 6.07) is -0.892. The quantitative estimate of drug-likeness (QED) is 0.684. The summed E-state index contributed by atoms with van der Waals surface area (Å²) < 4.78 is 23.7. The first kappa shape index (κ1) is 21.1. The van der Waals surface area contributed by atoms with Gasteiger partial charge in [0.1, 0.15) is 12.1 Å². The van der Waals surface area contributed by atoms with Gasteiger partial charge in [-0.1, -0.05) is 39.5 Å². The molecule has 158 valence electrons. The third-order valence-electron chi connectivity index (χ3n) is 6.03. The van der Waals surface area contributed by atoms with Crippen molar-refractivity contribution >= 4 is 27.7 Å². The Balaban J connectivity index is 1.74. The highest BCUT2D eigenvalue weighted by atomic mass is 32.2. The average Bonchev–Trinajstić information content (AvgIpc) is 2.95. The maximum Gasteiger partial charge on any atom is 0.325 e. The highest BCUT2D eigenvalue weighted by Crippen LogP contribution is 2.32. The van der Waals surface area contributed by atoms with E-state index in [4.69, 9.17) is 0 Å². The second-order valence-electron chi connectivity index (χ2n) is 8.81. The number of carbonyl (C=O) groups excluding carboxylic acids is 3. The van der Waals surface area contributed by atoms with Gasteiger partial charge in [-0.3, -0.25) is 14.5 Å². The molecule has 2 aliphatic heterocycles. The number of urea groups is 1. The van der Waals surface area contributed by atoms with Crippen LogP contribution < -0.4 is 5.32 Å². The van der Waals surface area contributed by atoms with Crippen LogP contribution >= 0.6 is 0 Å².